The van der Waals surface area contributed by atoms with Crippen LogP contribution in [0, 0.1) is 6.92 Å². The molecule has 2 heterocycles. The van der Waals surface area contributed by atoms with Crippen molar-refractivity contribution in [3.8, 4) is 0 Å². The average molecular weight is 204 g/mol. The van der Waals surface area contributed by atoms with E-state index >= 15 is 0 Å². The summed E-state index contributed by atoms with van der Waals surface area (Å²) in [7, 11) is 0. The number of likely N-dealkylation sites (tertiary alicyclic amines) is 1. The molecule has 0 aromatic carbocycles. The third-order valence-electron chi connectivity index (χ3n) is 2.99. The first kappa shape index (κ1) is 10.1. The molecule has 15 heavy (non-hydrogen) atoms. The van der Waals surface area contributed by atoms with Crippen molar-refractivity contribution in [2.75, 3.05) is 6.54 Å². The molecule has 1 aliphatic heterocycles. The van der Waals surface area contributed by atoms with Crippen molar-refractivity contribution in [3.05, 3.63) is 29.6 Å². The van der Waals surface area contributed by atoms with Crippen LogP contribution < -0.4 is 0 Å². The highest BCUT2D eigenvalue weighted by molar-refractivity contribution is 5.49. The van der Waals surface area contributed by atoms with Crippen molar-refractivity contribution in [1.82, 2.24) is 9.88 Å². The van der Waals surface area contributed by atoms with Crippen LogP contribution in [0.4, 0.5) is 0 Å². The van der Waals surface area contributed by atoms with Crippen LogP contribution in [0.3, 0.4) is 0 Å². The van der Waals surface area contributed by atoms with Gasteiger partial charge in [0.05, 0.1) is 6.04 Å². The molecule has 1 aromatic rings. The topological polar surface area (TPSA) is 33.2 Å². The molecule has 1 fully saturated rings. The van der Waals surface area contributed by atoms with Crippen LogP contribution in [-0.4, -0.2) is 22.8 Å². The summed E-state index contributed by atoms with van der Waals surface area (Å²) in [6, 6.07) is 4.35. The van der Waals surface area contributed by atoms with Gasteiger partial charge >= 0.3 is 0 Å². The van der Waals surface area contributed by atoms with E-state index in [1.165, 1.54) is 12.0 Å². The molecule has 1 aliphatic rings. The fourth-order valence-electron chi connectivity index (χ4n) is 2.21. The van der Waals surface area contributed by atoms with E-state index < -0.39 is 0 Å². The second-order valence-electron chi connectivity index (χ2n) is 4.09. The summed E-state index contributed by atoms with van der Waals surface area (Å²) in [5.74, 6) is 0. The van der Waals surface area contributed by atoms with Crippen molar-refractivity contribution < 1.29 is 4.79 Å². The maximum absolute atomic E-state index is 10.9. The SMILES string of the molecule is Cc1cc([C@@H]2CCCCN2C=O)ccn1. The Bertz CT molecular complexity index is 351. The van der Waals surface area contributed by atoms with Gasteiger partial charge in [0.15, 0.2) is 0 Å². The second kappa shape index (κ2) is 4.43. The Morgan fingerprint density at radius 3 is 3.13 bits per heavy atom. The van der Waals surface area contributed by atoms with Gasteiger partial charge in [0.1, 0.15) is 0 Å². The molecule has 3 heteroatoms. The highest BCUT2D eigenvalue weighted by Gasteiger charge is 2.22. The monoisotopic (exact) mass is 204 g/mol. The number of piperidine rings is 1. The predicted octanol–water partition coefficient (Wildman–Crippen LogP) is 2.07. The lowest BCUT2D eigenvalue weighted by molar-refractivity contribution is -0.121. The summed E-state index contributed by atoms with van der Waals surface area (Å²) in [5, 5.41) is 0. The normalized spacial score (nSPS) is 21.4. The number of aromatic nitrogens is 1. The summed E-state index contributed by atoms with van der Waals surface area (Å²) < 4.78 is 0. The number of hydrogen-bond acceptors (Lipinski definition) is 2. The first-order chi connectivity index (χ1) is 7.31. The minimum absolute atomic E-state index is 0.262. The van der Waals surface area contributed by atoms with Crippen molar-refractivity contribution >= 4 is 6.41 Å². The highest BCUT2D eigenvalue weighted by atomic mass is 16.1. The molecule has 1 amide bonds. The first-order valence-electron chi connectivity index (χ1n) is 5.45. The van der Waals surface area contributed by atoms with Crippen LogP contribution in [0.5, 0.6) is 0 Å². The molecular formula is C12H16N2O. The summed E-state index contributed by atoms with van der Waals surface area (Å²) in [5.41, 5.74) is 2.23. The van der Waals surface area contributed by atoms with Gasteiger partial charge in [-0.25, -0.2) is 0 Å². The van der Waals surface area contributed by atoms with Gasteiger partial charge in [-0.3, -0.25) is 9.78 Å². The summed E-state index contributed by atoms with van der Waals surface area (Å²) in [4.78, 5) is 17.0. The minimum atomic E-state index is 0.262. The molecule has 0 N–H and O–H groups in total. The number of amides is 1. The van der Waals surface area contributed by atoms with Crippen LogP contribution in [-0.2, 0) is 4.79 Å². The van der Waals surface area contributed by atoms with Crippen LogP contribution in [0.15, 0.2) is 18.3 Å². The van der Waals surface area contributed by atoms with E-state index in [1.807, 2.05) is 24.1 Å². The fraction of sp³-hybridized carbons (Fsp3) is 0.500. The first-order valence-corrected chi connectivity index (χ1v) is 5.45. The Morgan fingerprint density at radius 2 is 2.40 bits per heavy atom. The van der Waals surface area contributed by atoms with E-state index in [0.717, 1.165) is 31.5 Å². The zero-order valence-corrected chi connectivity index (χ0v) is 9.02. The number of nitrogens with zero attached hydrogens (tertiary/aromatic N) is 2. The molecule has 0 saturated carbocycles. The lowest BCUT2D eigenvalue weighted by Gasteiger charge is -2.33. The Kier molecular flexibility index (Phi) is 2.99. The largest absolute Gasteiger partial charge is 0.338 e. The van der Waals surface area contributed by atoms with E-state index in [0.29, 0.717) is 0 Å². The minimum Gasteiger partial charge on any atom is -0.338 e. The molecule has 1 aromatic heterocycles. The van der Waals surface area contributed by atoms with Gasteiger partial charge < -0.3 is 4.90 Å². The van der Waals surface area contributed by atoms with E-state index in [1.54, 1.807) is 0 Å². The van der Waals surface area contributed by atoms with E-state index in [9.17, 15) is 4.79 Å². The van der Waals surface area contributed by atoms with Crippen molar-refractivity contribution in [3.63, 3.8) is 0 Å². The second-order valence-corrected chi connectivity index (χ2v) is 4.09. The van der Waals surface area contributed by atoms with Gasteiger partial charge in [0.2, 0.25) is 6.41 Å². The van der Waals surface area contributed by atoms with Gasteiger partial charge in [-0.05, 0) is 43.9 Å². The van der Waals surface area contributed by atoms with Crippen LogP contribution >= 0.6 is 0 Å². The van der Waals surface area contributed by atoms with Crippen LogP contribution in [0.25, 0.3) is 0 Å². The quantitative estimate of drug-likeness (QED) is 0.691. The predicted molar refractivity (Wildman–Crippen MR) is 58.3 cm³/mol. The van der Waals surface area contributed by atoms with Crippen molar-refractivity contribution in [2.45, 2.75) is 32.2 Å². The zero-order chi connectivity index (χ0) is 10.7. The molecular weight excluding hydrogens is 188 g/mol. The van der Waals surface area contributed by atoms with Crippen LogP contribution in [0.2, 0.25) is 0 Å². The van der Waals surface area contributed by atoms with Gasteiger partial charge in [-0.2, -0.15) is 0 Å². The van der Waals surface area contributed by atoms with Crippen LogP contribution in [0.1, 0.15) is 36.6 Å². The number of hydrogen-bond donors (Lipinski definition) is 0. The molecule has 1 atom stereocenters. The third-order valence-corrected chi connectivity index (χ3v) is 2.99. The Hall–Kier alpha value is -1.38. The Labute approximate surface area is 90.1 Å². The third kappa shape index (κ3) is 2.17. The standard InChI is InChI=1S/C12H16N2O/c1-10-8-11(5-6-13-10)12-4-2-3-7-14(12)9-15/h5-6,8-9,12H,2-4,7H2,1H3/t12-/m0/s1. The lowest BCUT2D eigenvalue weighted by atomic mass is 9.96. The number of carbonyl (C=O) groups is 1. The smallest absolute Gasteiger partial charge is 0.210 e. The van der Waals surface area contributed by atoms with E-state index in [4.69, 9.17) is 0 Å². The highest BCUT2D eigenvalue weighted by Crippen LogP contribution is 2.29. The maximum atomic E-state index is 10.9. The molecule has 80 valence electrons. The van der Waals surface area contributed by atoms with Gasteiger partial charge in [-0.1, -0.05) is 0 Å². The number of carbonyl (C=O) groups excluding carboxylic acids is 1. The lowest BCUT2D eigenvalue weighted by Crippen LogP contribution is -2.32. The van der Waals surface area contributed by atoms with E-state index in [2.05, 4.69) is 11.1 Å². The Balaban J connectivity index is 2.23. The van der Waals surface area contributed by atoms with Gasteiger partial charge in [0, 0.05) is 18.4 Å². The summed E-state index contributed by atoms with van der Waals surface area (Å²) in [6.07, 6.45) is 6.19. The molecule has 0 spiro atoms. The maximum Gasteiger partial charge on any atom is 0.210 e. The number of rotatable bonds is 2. The molecule has 0 radical (unpaired) electrons. The Morgan fingerprint density at radius 1 is 1.53 bits per heavy atom. The molecule has 0 bridgehead atoms. The number of pyridine rings is 1. The molecule has 0 unspecified atom stereocenters. The number of aryl methyl sites for hydroxylation is 1. The van der Waals surface area contributed by atoms with Crippen molar-refractivity contribution in [2.24, 2.45) is 0 Å². The molecule has 2 rings (SSSR count). The van der Waals surface area contributed by atoms with Gasteiger partial charge in [-0.15, -0.1) is 0 Å². The molecule has 0 aliphatic carbocycles. The summed E-state index contributed by atoms with van der Waals surface area (Å²) in [6.45, 7) is 2.87. The molecule has 1 saturated heterocycles. The van der Waals surface area contributed by atoms with Crippen molar-refractivity contribution in [1.29, 1.82) is 0 Å². The summed E-state index contributed by atoms with van der Waals surface area (Å²) >= 11 is 0. The van der Waals surface area contributed by atoms with E-state index in [-0.39, 0.29) is 6.04 Å². The fourth-order valence-corrected chi connectivity index (χ4v) is 2.21. The average Bonchev–Trinajstić information content (AvgIpc) is 2.29. The zero-order valence-electron chi connectivity index (χ0n) is 9.02. The molecule has 3 nitrogen and oxygen atoms in total. The van der Waals surface area contributed by atoms with Gasteiger partial charge in [0.25, 0.3) is 0 Å².